The maximum atomic E-state index is 12.8. The molecule has 1 aromatic heterocycles. The molecule has 128 valence electrons. The van der Waals surface area contributed by atoms with Crippen molar-refractivity contribution in [3.05, 3.63) is 10.9 Å². The van der Waals surface area contributed by atoms with E-state index < -0.39 is 27.9 Å². The first-order valence-corrected chi connectivity index (χ1v) is 8.97. The smallest absolute Gasteiger partial charge is 0.348 e. The van der Waals surface area contributed by atoms with Crippen LogP contribution in [0, 0.1) is 11.8 Å². The summed E-state index contributed by atoms with van der Waals surface area (Å²) in [5.41, 5.74) is 0. The Labute approximate surface area is 137 Å². The average molecular weight is 363 g/mol. The molecular weight excluding hydrogens is 346 g/mol. The zero-order valence-electron chi connectivity index (χ0n) is 12.8. The van der Waals surface area contributed by atoms with Gasteiger partial charge in [0.2, 0.25) is 0 Å². The quantitative estimate of drug-likeness (QED) is 0.773. The molecular formula is C13H17NO7S2. The molecule has 0 aromatic carbocycles. The lowest BCUT2D eigenvalue weighted by Gasteiger charge is -2.15. The Morgan fingerprint density at radius 1 is 1.35 bits per heavy atom. The van der Waals surface area contributed by atoms with Gasteiger partial charge < -0.3 is 14.6 Å². The van der Waals surface area contributed by atoms with Gasteiger partial charge in [-0.1, -0.05) is 6.92 Å². The Hall–Kier alpha value is -1.65. The molecule has 8 nitrogen and oxygen atoms in total. The van der Waals surface area contributed by atoms with Crippen LogP contribution in [0.5, 0.6) is 5.75 Å². The van der Waals surface area contributed by atoms with Crippen molar-refractivity contribution in [3.63, 3.8) is 0 Å². The molecule has 1 aliphatic rings. The molecule has 0 aliphatic carbocycles. The Balaban J connectivity index is 2.39. The normalized spacial score (nSPS) is 22.0. The SMILES string of the molecule is COC(=O)c1cc(OC)c(S(=O)(=O)N2C[C@@H](C)[C@H](C(=O)O)C2)s1. The third-order valence-corrected chi connectivity index (χ3v) is 7.16. The van der Waals surface area contributed by atoms with Crippen LogP contribution >= 0.6 is 11.3 Å². The number of carboxylic acids is 1. The van der Waals surface area contributed by atoms with Crippen molar-refractivity contribution >= 4 is 33.3 Å². The van der Waals surface area contributed by atoms with Crippen molar-refractivity contribution in [1.29, 1.82) is 0 Å². The molecule has 1 saturated heterocycles. The fourth-order valence-electron chi connectivity index (χ4n) is 2.44. The van der Waals surface area contributed by atoms with Gasteiger partial charge in [-0.2, -0.15) is 4.31 Å². The number of thiophene rings is 1. The standard InChI is InChI=1S/C13H17NO7S2/c1-7-5-14(6-8(7)11(15)16)23(18,19)13-9(20-2)4-10(22-13)12(17)21-3/h4,7-8H,5-6H2,1-3H3,(H,15,16)/t7-,8-/m1/s1. The minimum Gasteiger partial charge on any atom is -0.494 e. The Morgan fingerprint density at radius 2 is 2.00 bits per heavy atom. The van der Waals surface area contributed by atoms with E-state index in [-0.39, 0.29) is 33.8 Å². The first-order valence-electron chi connectivity index (χ1n) is 6.71. The van der Waals surface area contributed by atoms with Crippen LogP contribution in [0.15, 0.2) is 10.3 Å². The van der Waals surface area contributed by atoms with Crippen LogP contribution in [0.25, 0.3) is 0 Å². The van der Waals surface area contributed by atoms with Crippen LogP contribution in [-0.4, -0.2) is 57.1 Å². The minimum atomic E-state index is -3.95. The molecule has 1 aliphatic heterocycles. The molecule has 2 rings (SSSR count). The number of rotatable bonds is 5. The summed E-state index contributed by atoms with van der Waals surface area (Å²) in [6, 6.07) is 1.30. The first kappa shape index (κ1) is 17.7. The summed E-state index contributed by atoms with van der Waals surface area (Å²) < 4.78 is 36.1. The summed E-state index contributed by atoms with van der Waals surface area (Å²) in [5.74, 6) is -2.69. The van der Waals surface area contributed by atoms with E-state index in [9.17, 15) is 18.0 Å². The van der Waals surface area contributed by atoms with Crippen LogP contribution in [-0.2, 0) is 19.6 Å². The van der Waals surface area contributed by atoms with E-state index in [1.165, 1.54) is 20.3 Å². The molecule has 23 heavy (non-hydrogen) atoms. The zero-order chi connectivity index (χ0) is 17.4. The fraction of sp³-hybridized carbons (Fsp3) is 0.538. The Kier molecular flexibility index (Phi) is 4.97. The maximum Gasteiger partial charge on any atom is 0.348 e. The molecule has 0 bridgehead atoms. The molecule has 1 N–H and O–H groups in total. The largest absolute Gasteiger partial charge is 0.494 e. The summed E-state index contributed by atoms with van der Waals surface area (Å²) in [5, 5.41) is 9.14. The molecule has 0 spiro atoms. The second kappa shape index (κ2) is 6.46. The number of aliphatic carboxylic acids is 1. The zero-order valence-corrected chi connectivity index (χ0v) is 14.4. The van der Waals surface area contributed by atoms with Gasteiger partial charge in [0.25, 0.3) is 10.0 Å². The molecule has 1 aromatic rings. The van der Waals surface area contributed by atoms with Crippen LogP contribution in [0.1, 0.15) is 16.6 Å². The molecule has 0 radical (unpaired) electrons. The lowest BCUT2D eigenvalue weighted by Crippen LogP contribution is -2.29. The van der Waals surface area contributed by atoms with Crippen LogP contribution < -0.4 is 4.74 Å². The molecule has 0 amide bonds. The van der Waals surface area contributed by atoms with E-state index in [2.05, 4.69) is 4.74 Å². The number of nitrogens with zero attached hydrogens (tertiary/aromatic N) is 1. The summed E-state index contributed by atoms with van der Waals surface area (Å²) in [6.07, 6.45) is 0. The van der Waals surface area contributed by atoms with Gasteiger partial charge in [-0.25, -0.2) is 13.2 Å². The van der Waals surface area contributed by atoms with Gasteiger partial charge in [-0.15, -0.1) is 11.3 Å². The van der Waals surface area contributed by atoms with Crippen LogP contribution in [0.2, 0.25) is 0 Å². The van der Waals surface area contributed by atoms with Gasteiger partial charge in [-0.05, 0) is 5.92 Å². The highest BCUT2D eigenvalue weighted by atomic mass is 32.2. The number of hydrogen-bond acceptors (Lipinski definition) is 7. The lowest BCUT2D eigenvalue weighted by atomic mass is 9.99. The van der Waals surface area contributed by atoms with Gasteiger partial charge in [0.05, 0.1) is 20.1 Å². The van der Waals surface area contributed by atoms with Gasteiger partial charge in [-0.3, -0.25) is 4.79 Å². The molecule has 10 heteroatoms. The van der Waals surface area contributed by atoms with E-state index in [1.54, 1.807) is 6.92 Å². The number of ether oxygens (including phenoxy) is 2. The van der Waals surface area contributed by atoms with E-state index in [0.29, 0.717) is 0 Å². The van der Waals surface area contributed by atoms with Crippen molar-refractivity contribution in [2.75, 3.05) is 27.3 Å². The molecule has 2 atom stereocenters. The number of carboxylic acid groups (broad SMARTS) is 1. The number of carbonyl (C=O) groups is 2. The highest BCUT2D eigenvalue weighted by molar-refractivity contribution is 7.91. The third-order valence-electron chi connectivity index (χ3n) is 3.74. The summed E-state index contributed by atoms with van der Waals surface area (Å²) in [4.78, 5) is 22.9. The first-order chi connectivity index (χ1) is 10.7. The monoisotopic (exact) mass is 363 g/mol. The fourth-order valence-corrected chi connectivity index (χ4v) is 5.64. The summed E-state index contributed by atoms with van der Waals surface area (Å²) in [7, 11) is -1.45. The number of sulfonamides is 1. The van der Waals surface area contributed by atoms with Crippen molar-refractivity contribution in [3.8, 4) is 5.75 Å². The van der Waals surface area contributed by atoms with Gasteiger partial charge in [0.1, 0.15) is 4.88 Å². The van der Waals surface area contributed by atoms with E-state index in [1.807, 2.05) is 0 Å². The predicted octanol–water partition coefficient (Wildman–Crippen LogP) is 0.884. The highest BCUT2D eigenvalue weighted by Gasteiger charge is 2.42. The summed E-state index contributed by atoms with van der Waals surface area (Å²) >= 11 is 0.745. The molecule has 1 fully saturated rings. The molecule has 0 saturated carbocycles. The van der Waals surface area contributed by atoms with Crippen LogP contribution in [0.3, 0.4) is 0 Å². The van der Waals surface area contributed by atoms with Gasteiger partial charge >= 0.3 is 11.9 Å². The van der Waals surface area contributed by atoms with Crippen molar-refractivity contribution < 1.29 is 32.6 Å². The van der Waals surface area contributed by atoms with Crippen molar-refractivity contribution in [1.82, 2.24) is 4.31 Å². The second-order valence-electron chi connectivity index (χ2n) is 5.20. The van der Waals surface area contributed by atoms with Crippen molar-refractivity contribution in [2.45, 2.75) is 11.1 Å². The topological polar surface area (TPSA) is 110 Å². The van der Waals surface area contributed by atoms with Gasteiger partial charge in [0, 0.05) is 19.2 Å². The summed E-state index contributed by atoms with van der Waals surface area (Å²) in [6.45, 7) is 1.70. The van der Waals surface area contributed by atoms with Crippen LogP contribution in [0.4, 0.5) is 0 Å². The van der Waals surface area contributed by atoms with E-state index in [4.69, 9.17) is 9.84 Å². The lowest BCUT2D eigenvalue weighted by molar-refractivity contribution is -0.142. The molecule has 2 heterocycles. The third kappa shape index (κ3) is 3.19. The Morgan fingerprint density at radius 3 is 2.48 bits per heavy atom. The van der Waals surface area contributed by atoms with E-state index in [0.717, 1.165) is 15.6 Å². The maximum absolute atomic E-state index is 12.8. The van der Waals surface area contributed by atoms with E-state index >= 15 is 0 Å². The number of carbonyl (C=O) groups excluding carboxylic acids is 1. The van der Waals surface area contributed by atoms with Crippen molar-refractivity contribution in [2.24, 2.45) is 11.8 Å². The predicted molar refractivity (Wildman–Crippen MR) is 81.3 cm³/mol. The molecule has 0 unspecified atom stereocenters. The minimum absolute atomic E-state index is 0.0434. The van der Waals surface area contributed by atoms with Gasteiger partial charge in [0.15, 0.2) is 9.96 Å². The number of hydrogen-bond donors (Lipinski definition) is 1. The second-order valence-corrected chi connectivity index (χ2v) is 8.39. The average Bonchev–Trinajstić information content (AvgIpc) is 3.10. The Bertz CT molecular complexity index is 725. The highest BCUT2D eigenvalue weighted by Crippen LogP contribution is 2.38. The number of esters is 1. The number of methoxy groups -OCH3 is 2.